The predicted molar refractivity (Wildman–Crippen MR) is 132 cm³/mol. The molecule has 0 N–H and O–H groups in total. The lowest BCUT2D eigenvalue weighted by atomic mass is 9.71. The van der Waals surface area contributed by atoms with Crippen LogP contribution in [-0.2, 0) is 0 Å². The van der Waals surface area contributed by atoms with Crippen molar-refractivity contribution in [2.45, 2.75) is 45.4 Å². The summed E-state index contributed by atoms with van der Waals surface area (Å²) >= 11 is 6.18. The second-order valence-electron chi connectivity index (χ2n) is 11.5. The molecular weight excluding hydrogens is 449 g/mol. The SMILES string of the molecule is CC1CC2=CCC(CN3C[C@H]4CC(COc5ccc(-c6cc(F)ccc6Cl)nn5)C[C@H]4C3)(C2)C1. The first-order valence-corrected chi connectivity index (χ1v) is 13.1. The maximum Gasteiger partial charge on any atom is 0.233 e. The Morgan fingerprint density at radius 1 is 1.15 bits per heavy atom. The zero-order valence-corrected chi connectivity index (χ0v) is 20.6. The van der Waals surface area contributed by atoms with Crippen LogP contribution in [0.1, 0.15) is 45.4 Å². The van der Waals surface area contributed by atoms with Gasteiger partial charge >= 0.3 is 0 Å². The van der Waals surface area contributed by atoms with Crippen LogP contribution in [0.4, 0.5) is 4.39 Å². The van der Waals surface area contributed by atoms with E-state index in [0.29, 0.717) is 40.1 Å². The lowest BCUT2D eigenvalue weighted by molar-refractivity contribution is 0.124. The molecule has 180 valence electrons. The Morgan fingerprint density at radius 2 is 1.97 bits per heavy atom. The van der Waals surface area contributed by atoms with Crippen molar-refractivity contribution < 1.29 is 9.13 Å². The number of benzene rings is 1. The van der Waals surface area contributed by atoms with Crippen molar-refractivity contribution in [2.75, 3.05) is 26.2 Å². The number of fused-ring (bicyclic) bond motifs is 3. The number of nitrogens with zero attached hydrogens (tertiary/aromatic N) is 3. The molecule has 3 aliphatic carbocycles. The summed E-state index contributed by atoms with van der Waals surface area (Å²) in [7, 11) is 0. The van der Waals surface area contributed by atoms with Crippen molar-refractivity contribution >= 4 is 11.6 Å². The van der Waals surface area contributed by atoms with Crippen molar-refractivity contribution in [1.29, 1.82) is 0 Å². The van der Waals surface area contributed by atoms with E-state index in [1.54, 1.807) is 17.7 Å². The first-order valence-electron chi connectivity index (χ1n) is 12.8. The first-order chi connectivity index (χ1) is 16.4. The molecule has 0 spiro atoms. The van der Waals surface area contributed by atoms with Crippen molar-refractivity contribution in [3.63, 3.8) is 0 Å². The fourth-order valence-electron chi connectivity index (χ4n) is 7.44. The largest absolute Gasteiger partial charge is 0.476 e. The van der Waals surface area contributed by atoms with Gasteiger partial charge in [-0.1, -0.05) is 30.2 Å². The van der Waals surface area contributed by atoms with Gasteiger partial charge in [-0.2, -0.15) is 0 Å². The highest BCUT2D eigenvalue weighted by atomic mass is 35.5. The third-order valence-corrected chi connectivity index (χ3v) is 8.94. The smallest absolute Gasteiger partial charge is 0.233 e. The number of aromatic nitrogens is 2. The third kappa shape index (κ3) is 4.49. The zero-order chi connectivity index (χ0) is 23.3. The van der Waals surface area contributed by atoms with E-state index in [9.17, 15) is 4.39 Å². The Balaban J connectivity index is 0.993. The Kier molecular flexibility index (Phi) is 5.89. The van der Waals surface area contributed by atoms with Crippen LogP contribution in [0.5, 0.6) is 5.88 Å². The van der Waals surface area contributed by atoms with Crippen LogP contribution >= 0.6 is 11.6 Å². The molecule has 2 bridgehead atoms. The Labute approximate surface area is 206 Å². The molecule has 34 heavy (non-hydrogen) atoms. The van der Waals surface area contributed by atoms with E-state index in [-0.39, 0.29) is 5.82 Å². The van der Waals surface area contributed by atoms with E-state index in [1.807, 2.05) is 0 Å². The fourth-order valence-corrected chi connectivity index (χ4v) is 7.66. The van der Waals surface area contributed by atoms with Crippen LogP contribution in [0.2, 0.25) is 5.02 Å². The van der Waals surface area contributed by atoms with Gasteiger partial charge in [-0.3, -0.25) is 0 Å². The molecule has 3 unspecified atom stereocenters. The molecule has 3 fully saturated rings. The van der Waals surface area contributed by atoms with Crippen molar-refractivity contribution in [3.8, 4) is 17.1 Å². The minimum Gasteiger partial charge on any atom is -0.476 e. The Bertz CT molecular complexity index is 1080. The minimum atomic E-state index is -0.343. The van der Waals surface area contributed by atoms with Crippen LogP contribution in [0.15, 0.2) is 42.0 Å². The van der Waals surface area contributed by atoms with Gasteiger partial charge in [0.2, 0.25) is 5.88 Å². The predicted octanol–water partition coefficient (Wildman–Crippen LogP) is 6.41. The summed E-state index contributed by atoms with van der Waals surface area (Å²) in [4.78, 5) is 2.78. The lowest BCUT2D eigenvalue weighted by Gasteiger charge is -2.39. The monoisotopic (exact) mass is 481 g/mol. The molecule has 1 aliphatic heterocycles. The van der Waals surface area contributed by atoms with Crippen LogP contribution in [-0.4, -0.2) is 41.3 Å². The molecule has 4 nitrogen and oxygen atoms in total. The van der Waals surface area contributed by atoms with Gasteiger partial charge in [0.1, 0.15) is 5.82 Å². The highest BCUT2D eigenvalue weighted by molar-refractivity contribution is 6.33. The second kappa shape index (κ2) is 8.91. The van der Waals surface area contributed by atoms with E-state index in [4.69, 9.17) is 16.3 Å². The summed E-state index contributed by atoms with van der Waals surface area (Å²) in [5.74, 6) is 3.24. The van der Waals surface area contributed by atoms with Gasteiger partial charge in [0.25, 0.3) is 0 Å². The molecule has 6 heteroatoms. The van der Waals surface area contributed by atoms with Gasteiger partial charge in [-0.05, 0) is 91.9 Å². The molecular formula is C28H33ClFN3O. The zero-order valence-electron chi connectivity index (χ0n) is 19.9. The molecule has 2 aromatic rings. The average molecular weight is 482 g/mol. The van der Waals surface area contributed by atoms with Gasteiger partial charge in [-0.15, -0.1) is 10.2 Å². The molecule has 2 saturated carbocycles. The van der Waals surface area contributed by atoms with Crippen LogP contribution in [0.3, 0.4) is 0 Å². The number of hydrogen-bond donors (Lipinski definition) is 0. The molecule has 0 amide bonds. The molecule has 6 rings (SSSR count). The maximum atomic E-state index is 13.6. The average Bonchev–Trinajstić information content (AvgIpc) is 3.45. The number of allylic oxidation sites excluding steroid dienone is 2. The number of likely N-dealkylation sites (tertiary alicyclic amines) is 1. The molecule has 5 atom stereocenters. The van der Waals surface area contributed by atoms with Crippen LogP contribution < -0.4 is 4.74 Å². The number of halogens is 2. The van der Waals surface area contributed by atoms with Gasteiger partial charge in [0, 0.05) is 31.3 Å². The lowest BCUT2D eigenvalue weighted by Crippen LogP contribution is -2.38. The van der Waals surface area contributed by atoms with Crippen molar-refractivity contribution in [2.24, 2.45) is 29.1 Å². The van der Waals surface area contributed by atoms with E-state index < -0.39 is 0 Å². The van der Waals surface area contributed by atoms with Crippen molar-refractivity contribution in [3.05, 3.63) is 52.8 Å². The summed E-state index contributed by atoms with van der Waals surface area (Å²) in [6.07, 6.45) is 10.4. The second-order valence-corrected chi connectivity index (χ2v) is 11.9. The van der Waals surface area contributed by atoms with Gasteiger partial charge in [0.15, 0.2) is 0 Å². The molecule has 4 aliphatic rings. The molecule has 1 saturated heterocycles. The topological polar surface area (TPSA) is 38.2 Å². The summed E-state index contributed by atoms with van der Waals surface area (Å²) in [6, 6.07) is 7.84. The van der Waals surface area contributed by atoms with Gasteiger partial charge in [-0.25, -0.2) is 4.39 Å². The Morgan fingerprint density at radius 3 is 2.74 bits per heavy atom. The molecule has 1 aromatic carbocycles. The third-order valence-electron chi connectivity index (χ3n) is 8.61. The summed E-state index contributed by atoms with van der Waals surface area (Å²) < 4.78 is 19.6. The van der Waals surface area contributed by atoms with Crippen molar-refractivity contribution in [1.82, 2.24) is 15.1 Å². The minimum absolute atomic E-state index is 0.343. The van der Waals surface area contributed by atoms with E-state index >= 15 is 0 Å². The highest BCUT2D eigenvalue weighted by Crippen LogP contribution is 2.51. The Hall–Kier alpha value is -1.98. The molecule has 0 radical (unpaired) electrons. The number of rotatable bonds is 6. The molecule has 1 aromatic heterocycles. The van der Waals surface area contributed by atoms with Gasteiger partial charge < -0.3 is 9.64 Å². The van der Waals surface area contributed by atoms with Gasteiger partial charge in [0.05, 0.1) is 17.3 Å². The normalized spacial score (nSPS) is 32.6. The number of ether oxygens (including phenoxy) is 1. The standard InChI is InChI=1S/C28H33ClFN3O/c1-18-8-19-6-7-28(12-18,13-19)17-33-14-21-9-20(10-22(21)15-33)16-34-27-5-4-26(31-32-27)24-11-23(30)2-3-25(24)29/h2-6,11,18,20-22H,7-10,12-17H2,1H3/t18?,20?,21-,22+,28?. The first kappa shape index (κ1) is 22.5. The van der Waals surface area contributed by atoms with E-state index in [2.05, 4.69) is 28.1 Å². The van der Waals surface area contributed by atoms with E-state index in [0.717, 1.165) is 17.8 Å². The molecule has 2 heterocycles. The summed E-state index contributed by atoms with van der Waals surface area (Å²) in [6.45, 7) is 6.94. The quantitative estimate of drug-likeness (QED) is 0.447. The maximum absolute atomic E-state index is 13.6. The van der Waals surface area contributed by atoms with E-state index in [1.165, 1.54) is 76.4 Å². The summed E-state index contributed by atoms with van der Waals surface area (Å²) in [5, 5.41) is 8.86. The summed E-state index contributed by atoms with van der Waals surface area (Å²) in [5.41, 5.74) is 3.35. The van der Waals surface area contributed by atoms with Crippen LogP contribution in [0, 0.1) is 34.9 Å². The number of hydrogen-bond acceptors (Lipinski definition) is 4. The highest BCUT2D eigenvalue weighted by Gasteiger charge is 2.46. The van der Waals surface area contributed by atoms with Crippen LogP contribution in [0.25, 0.3) is 11.3 Å². The fraction of sp³-hybridized carbons (Fsp3) is 0.571.